The molecule has 2 amide bonds. The van der Waals surface area contributed by atoms with Crippen molar-refractivity contribution in [2.45, 2.75) is 78.1 Å². The number of carbonyl (C=O) groups excluding carboxylic acids is 2. The molecule has 2 aliphatic carbocycles. The summed E-state index contributed by atoms with van der Waals surface area (Å²) in [6, 6.07) is 16.3. The molecule has 2 aliphatic rings. The van der Waals surface area contributed by atoms with Crippen molar-refractivity contribution in [3.63, 3.8) is 0 Å². The topological polar surface area (TPSA) is 84.2 Å². The molecule has 5 heteroatoms. The van der Waals surface area contributed by atoms with E-state index in [1.54, 1.807) is 36.4 Å². The van der Waals surface area contributed by atoms with Gasteiger partial charge in [-0.1, -0.05) is 83.0 Å². The van der Waals surface area contributed by atoms with Crippen molar-refractivity contribution < 1.29 is 9.59 Å². The lowest BCUT2D eigenvalue weighted by atomic mass is 9.58. The largest absolute Gasteiger partial charge is 0.397 e. The van der Waals surface area contributed by atoms with Crippen molar-refractivity contribution in [1.29, 1.82) is 0 Å². The molecule has 0 spiro atoms. The molecule has 212 valence electrons. The van der Waals surface area contributed by atoms with Gasteiger partial charge in [0.1, 0.15) is 0 Å². The zero-order chi connectivity index (χ0) is 29.9. The van der Waals surface area contributed by atoms with E-state index >= 15 is 0 Å². The molecule has 0 bridgehead atoms. The minimum absolute atomic E-state index is 0.149. The first-order chi connectivity index (χ1) is 19.2. The number of nitrogen functional groups attached to an aromatic ring is 1. The quantitative estimate of drug-likeness (QED) is 0.228. The Kier molecular flexibility index (Phi) is 6.76. The number of hydrogen-bond acceptors (Lipinski definition) is 3. The molecule has 0 atom stereocenters. The number of nitrogens with one attached hydrogen (secondary N) is 2. The third kappa shape index (κ3) is 4.67. The highest BCUT2D eigenvalue weighted by Crippen LogP contribution is 2.54. The first-order valence-electron chi connectivity index (χ1n) is 14.3. The summed E-state index contributed by atoms with van der Waals surface area (Å²) in [7, 11) is 0. The van der Waals surface area contributed by atoms with Crippen LogP contribution in [0.2, 0.25) is 0 Å². The van der Waals surface area contributed by atoms with E-state index in [0.29, 0.717) is 22.5 Å². The second-order valence-corrected chi connectivity index (χ2v) is 13.1. The van der Waals surface area contributed by atoms with Crippen LogP contribution in [0, 0.1) is 0 Å². The van der Waals surface area contributed by atoms with Crippen LogP contribution in [0.3, 0.4) is 0 Å². The lowest BCUT2D eigenvalue weighted by molar-refractivity contribution is 0.101. The molecule has 41 heavy (non-hydrogen) atoms. The molecule has 0 aliphatic heterocycles. The molecule has 0 fully saturated rings. The summed E-state index contributed by atoms with van der Waals surface area (Å²) in [4.78, 5) is 26.7. The van der Waals surface area contributed by atoms with E-state index in [-0.39, 0.29) is 28.1 Å². The zero-order valence-corrected chi connectivity index (χ0v) is 25.5. The molecule has 3 aromatic rings. The highest BCUT2D eigenvalue weighted by Gasteiger charge is 2.44. The van der Waals surface area contributed by atoms with Crippen LogP contribution in [0.25, 0.3) is 0 Å². The van der Waals surface area contributed by atoms with Gasteiger partial charge in [-0.05, 0) is 78.9 Å². The van der Waals surface area contributed by atoms with E-state index in [0.717, 1.165) is 12.1 Å². The Morgan fingerprint density at radius 1 is 0.756 bits per heavy atom. The number of allylic oxidation sites excluding steroid dienone is 4. The molecular formula is C36H41N3O2. The van der Waals surface area contributed by atoms with Crippen LogP contribution in [-0.2, 0) is 22.7 Å². The first-order valence-corrected chi connectivity index (χ1v) is 14.3. The summed E-state index contributed by atoms with van der Waals surface area (Å²) < 4.78 is 0. The molecule has 0 aromatic heterocycles. The van der Waals surface area contributed by atoms with E-state index in [1.165, 1.54) is 33.4 Å². The first kappa shape index (κ1) is 28.4. The van der Waals surface area contributed by atoms with Gasteiger partial charge in [0.15, 0.2) is 0 Å². The third-order valence-electron chi connectivity index (χ3n) is 9.58. The van der Waals surface area contributed by atoms with Gasteiger partial charge in [0.2, 0.25) is 0 Å². The number of hydrogen-bond donors (Lipinski definition) is 3. The molecule has 0 saturated carbocycles. The number of anilines is 3. The van der Waals surface area contributed by atoms with Crippen LogP contribution in [0.15, 0.2) is 77.9 Å². The normalized spacial score (nSPS) is 17.9. The van der Waals surface area contributed by atoms with Crippen LogP contribution in [0.1, 0.15) is 98.4 Å². The summed E-state index contributed by atoms with van der Waals surface area (Å²) in [5, 5.41) is 6.20. The SMILES string of the molecule is CC1=C(C)C(C)(C)c2c(cc3c(c2NC(=O)c2ccc(C(=O)Nc4ccccc4N)cc2)CC=CC3(C)C)C1(C)C. The Morgan fingerprint density at radius 2 is 1.32 bits per heavy atom. The maximum absolute atomic E-state index is 13.8. The highest BCUT2D eigenvalue weighted by molar-refractivity contribution is 6.08. The Morgan fingerprint density at radius 3 is 1.93 bits per heavy atom. The van der Waals surface area contributed by atoms with Gasteiger partial charge < -0.3 is 16.4 Å². The fourth-order valence-electron chi connectivity index (χ4n) is 6.44. The summed E-state index contributed by atoms with van der Waals surface area (Å²) in [5.74, 6) is -0.471. The van der Waals surface area contributed by atoms with Crippen LogP contribution in [0.4, 0.5) is 17.1 Å². The fraction of sp³-hybridized carbons (Fsp3) is 0.333. The van der Waals surface area contributed by atoms with Crippen LogP contribution in [-0.4, -0.2) is 11.8 Å². The number of amides is 2. The Hall–Kier alpha value is -4.12. The van der Waals surface area contributed by atoms with Gasteiger partial charge >= 0.3 is 0 Å². The average molecular weight is 548 g/mol. The minimum Gasteiger partial charge on any atom is -0.397 e. The average Bonchev–Trinajstić information content (AvgIpc) is 2.92. The van der Waals surface area contributed by atoms with E-state index in [4.69, 9.17) is 5.73 Å². The van der Waals surface area contributed by atoms with Gasteiger partial charge in [0, 0.05) is 33.1 Å². The highest BCUT2D eigenvalue weighted by atomic mass is 16.2. The second kappa shape index (κ2) is 9.76. The predicted molar refractivity (Wildman–Crippen MR) is 170 cm³/mol. The maximum Gasteiger partial charge on any atom is 0.255 e. The summed E-state index contributed by atoms with van der Waals surface area (Å²) in [5.41, 5.74) is 15.9. The number of carbonyl (C=O) groups is 2. The molecule has 3 aromatic carbocycles. The Labute approximate surface area is 243 Å². The molecule has 0 saturated heterocycles. The maximum atomic E-state index is 13.8. The van der Waals surface area contributed by atoms with Crippen molar-refractivity contribution in [3.8, 4) is 0 Å². The smallest absolute Gasteiger partial charge is 0.255 e. The second-order valence-electron chi connectivity index (χ2n) is 13.1. The Bertz CT molecular complexity index is 1640. The van der Waals surface area contributed by atoms with Gasteiger partial charge in [0.05, 0.1) is 11.4 Å². The van der Waals surface area contributed by atoms with Crippen molar-refractivity contribution in [3.05, 3.63) is 111 Å². The van der Waals surface area contributed by atoms with Gasteiger partial charge in [-0.15, -0.1) is 0 Å². The van der Waals surface area contributed by atoms with E-state index < -0.39 is 0 Å². The molecule has 0 unspecified atom stereocenters. The molecule has 0 radical (unpaired) electrons. The lowest BCUT2D eigenvalue weighted by Crippen LogP contribution is -2.38. The number of fused-ring (bicyclic) bond motifs is 2. The molecule has 5 nitrogen and oxygen atoms in total. The molecule has 4 N–H and O–H groups in total. The van der Waals surface area contributed by atoms with Gasteiger partial charge in [-0.3, -0.25) is 9.59 Å². The third-order valence-corrected chi connectivity index (χ3v) is 9.58. The zero-order valence-electron chi connectivity index (χ0n) is 25.5. The molecular weight excluding hydrogens is 506 g/mol. The Balaban J connectivity index is 1.54. The van der Waals surface area contributed by atoms with Crippen molar-refractivity contribution >= 4 is 28.9 Å². The van der Waals surface area contributed by atoms with Crippen molar-refractivity contribution in [2.75, 3.05) is 16.4 Å². The molecule has 5 rings (SSSR count). The number of para-hydroxylation sites is 2. The monoisotopic (exact) mass is 547 g/mol. The number of benzene rings is 3. The molecule has 0 heterocycles. The fourth-order valence-corrected chi connectivity index (χ4v) is 6.44. The van der Waals surface area contributed by atoms with Crippen LogP contribution in [0.5, 0.6) is 0 Å². The number of rotatable bonds is 4. The minimum atomic E-state index is -0.281. The van der Waals surface area contributed by atoms with Crippen molar-refractivity contribution in [1.82, 2.24) is 0 Å². The van der Waals surface area contributed by atoms with E-state index in [9.17, 15) is 9.59 Å². The summed E-state index contributed by atoms with van der Waals surface area (Å²) >= 11 is 0. The number of nitrogens with two attached hydrogens (primary N) is 1. The predicted octanol–water partition coefficient (Wildman–Crippen LogP) is 8.07. The van der Waals surface area contributed by atoms with E-state index in [1.807, 2.05) is 12.1 Å². The van der Waals surface area contributed by atoms with Gasteiger partial charge in [0.25, 0.3) is 11.8 Å². The lowest BCUT2D eigenvalue weighted by Gasteiger charge is -2.47. The van der Waals surface area contributed by atoms with Gasteiger partial charge in [-0.2, -0.15) is 0 Å². The summed E-state index contributed by atoms with van der Waals surface area (Å²) in [6.45, 7) is 18.0. The van der Waals surface area contributed by atoms with Gasteiger partial charge in [-0.25, -0.2) is 0 Å². The van der Waals surface area contributed by atoms with E-state index in [2.05, 4.69) is 84.2 Å². The summed E-state index contributed by atoms with van der Waals surface area (Å²) in [6.07, 6.45) is 5.25. The van der Waals surface area contributed by atoms with Crippen LogP contribution < -0.4 is 16.4 Å². The van der Waals surface area contributed by atoms with Crippen molar-refractivity contribution in [2.24, 2.45) is 0 Å². The van der Waals surface area contributed by atoms with Crippen LogP contribution >= 0.6 is 0 Å². The standard InChI is InChI=1S/C36H41N3O2/c1-21-22(2)36(7,8)30-27(35(21,5)6)20-26-25(12-11-19-34(26,3)4)31(30)39-33(41)24-17-15-23(16-18-24)32(40)38-29-14-10-9-13-28(29)37/h9-11,13-20H,12,37H2,1-8H3,(H,38,40)(H,39,41).